The van der Waals surface area contributed by atoms with Gasteiger partial charge in [-0.15, -0.1) is 0 Å². The van der Waals surface area contributed by atoms with Crippen LogP contribution in [0.25, 0.3) is 0 Å². The third kappa shape index (κ3) is 2.98. The SMILES string of the molecule is O=[N+]([O-])c1cc(S(=O)(=O)Nc2ccc3c(c2)CCC3)ccc1O. The molecule has 3 rings (SSSR count). The number of fused-ring (bicyclic) bond motifs is 1. The second-order valence-electron chi connectivity index (χ2n) is 5.35. The molecule has 2 aromatic rings. The fourth-order valence-electron chi connectivity index (χ4n) is 2.67. The molecule has 0 spiro atoms. The van der Waals surface area contributed by atoms with Gasteiger partial charge in [-0.25, -0.2) is 8.42 Å². The van der Waals surface area contributed by atoms with Gasteiger partial charge in [0.15, 0.2) is 5.75 Å². The van der Waals surface area contributed by atoms with Gasteiger partial charge in [0.25, 0.3) is 10.0 Å². The molecule has 0 radical (unpaired) electrons. The minimum absolute atomic E-state index is 0.275. The minimum atomic E-state index is -3.97. The summed E-state index contributed by atoms with van der Waals surface area (Å²) in [4.78, 5) is 9.71. The number of anilines is 1. The first-order valence-electron chi connectivity index (χ1n) is 6.99. The van der Waals surface area contributed by atoms with E-state index in [-0.39, 0.29) is 4.90 Å². The number of nitrogens with zero attached hydrogens (tertiary/aromatic N) is 1. The lowest BCUT2D eigenvalue weighted by molar-refractivity contribution is -0.386. The Kier molecular flexibility index (Phi) is 3.69. The third-order valence-corrected chi connectivity index (χ3v) is 5.18. The van der Waals surface area contributed by atoms with Crippen LogP contribution in [0, 0.1) is 10.1 Å². The lowest BCUT2D eigenvalue weighted by Crippen LogP contribution is -2.13. The molecule has 0 unspecified atom stereocenters. The predicted octanol–water partition coefficient (Wildman–Crippen LogP) is 2.59. The number of rotatable bonds is 4. The van der Waals surface area contributed by atoms with Gasteiger partial charge in [-0.3, -0.25) is 14.8 Å². The molecule has 0 atom stereocenters. The standard InChI is InChI=1S/C15H14N2O5S/c18-15-7-6-13(9-14(15)17(19)20)23(21,22)16-12-5-4-10-2-1-3-11(10)8-12/h4-9,16,18H,1-3H2. The smallest absolute Gasteiger partial charge is 0.312 e. The maximum absolute atomic E-state index is 12.4. The summed E-state index contributed by atoms with van der Waals surface area (Å²) in [5.74, 6) is -0.577. The molecule has 0 amide bonds. The van der Waals surface area contributed by atoms with E-state index < -0.39 is 26.4 Å². The first-order chi connectivity index (χ1) is 10.9. The van der Waals surface area contributed by atoms with Crippen molar-refractivity contribution < 1.29 is 18.4 Å². The molecule has 0 fully saturated rings. The van der Waals surface area contributed by atoms with Crippen LogP contribution in [0.2, 0.25) is 0 Å². The summed E-state index contributed by atoms with van der Waals surface area (Å²) < 4.78 is 27.2. The number of hydrogen-bond acceptors (Lipinski definition) is 5. The number of sulfonamides is 1. The fourth-order valence-corrected chi connectivity index (χ4v) is 3.74. The van der Waals surface area contributed by atoms with Crippen molar-refractivity contribution in [2.24, 2.45) is 0 Å². The number of nitro benzene ring substituents is 1. The average Bonchev–Trinajstić information content (AvgIpc) is 2.94. The topological polar surface area (TPSA) is 110 Å². The van der Waals surface area contributed by atoms with Crippen molar-refractivity contribution in [1.29, 1.82) is 0 Å². The van der Waals surface area contributed by atoms with E-state index in [0.29, 0.717) is 5.69 Å². The summed E-state index contributed by atoms with van der Waals surface area (Å²) in [5.41, 5.74) is 2.10. The number of benzene rings is 2. The molecule has 0 aromatic heterocycles. The maximum atomic E-state index is 12.4. The van der Waals surface area contributed by atoms with Crippen LogP contribution in [-0.2, 0) is 22.9 Å². The van der Waals surface area contributed by atoms with Crippen LogP contribution >= 0.6 is 0 Å². The molecule has 7 nitrogen and oxygen atoms in total. The fraction of sp³-hybridized carbons (Fsp3) is 0.200. The van der Waals surface area contributed by atoms with Crippen molar-refractivity contribution in [3.8, 4) is 5.75 Å². The molecular weight excluding hydrogens is 320 g/mol. The molecule has 120 valence electrons. The van der Waals surface area contributed by atoms with E-state index in [1.807, 2.05) is 6.07 Å². The van der Waals surface area contributed by atoms with Crippen LogP contribution in [0.5, 0.6) is 5.75 Å². The number of nitro groups is 1. The highest BCUT2D eigenvalue weighted by Gasteiger charge is 2.22. The summed E-state index contributed by atoms with van der Waals surface area (Å²) >= 11 is 0. The Balaban J connectivity index is 1.93. The van der Waals surface area contributed by atoms with Gasteiger partial charge >= 0.3 is 5.69 Å². The van der Waals surface area contributed by atoms with Gasteiger partial charge in [-0.05, 0) is 54.7 Å². The first kappa shape index (κ1) is 15.3. The zero-order chi connectivity index (χ0) is 16.6. The molecule has 0 bridgehead atoms. The van der Waals surface area contributed by atoms with Gasteiger partial charge in [0, 0.05) is 11.8 Å². The molecule has 0 aliphatic heterocycles. The Morgan fingerprint density at radius 3 is 2.57 bits per heavy atom. The normalized spacial score (nSPS) is 13.6. The number of phenolic OH excluding ortho intramolecular Hbond substituents is 1. The van der Waals surface area contributed by atoms with Crippen molar-refractivity contribution in [3.05, 3.63) is 57.6 Å². The van der Waals surface area contributed by atoms with Crippen LogP contribution in [0.1, 0.15) is 17.5 Å². The molecule has 23 heavy (non-hydrogen) atoms. The monoisotopic (exact) mass is 334 g/mol. The van der Waals surface area contributed by atoms with Gasteiger partial charge in [-0.1, -0.05) is 6.07 Å². The number of phenols is 1. The van der Waals surface area contributed by atoms with Crippen molar-refractivity contribution >= 4 is 21.4 Å². The molecule has 1 aliphatic carbocycles. The molecule has 0 saturated heterocycles. The molecule has 8 heteroatoms. The minimum Gasteiger partial charge on any atom is -0.502 e. The van der Waals surface area contributed by atoms with E-state index >= 15 is 0 Å². The van der Waals surface area contributed by atoms with E-state index in [2.05, 4.69) is 4.72 Å². The van der Waals surface area contributed by atoms with Crippen LogP contribution in [0.15, 0.2) is 41.3 Å². The lowest BCUT2D eigenvalue weighted by Gasteiger charge is -2.10. The van der Waals surface area contributed by atoms with Gasteiger partial charge in [-0.2, -0.15) is 0 Å². The Labute approximate surface area is 132 Å². The molecule has 0 heterocycles. The van der Waals surface area contributed by atoms with Crippen molar-refractivity contribution in [2.75, 3.05) is 4.72 Å². The van der Waals surface area contributed by atoms with Crippen LogP contribution in [0.3, 0.4) is 0 Å². The molecular formula is C15H14N2O5S. The van der Waals surface area contributed by atoms with Crippen LogP contribution in [0.4, 0.5) is 11.4 Å². The van der Waals surface area contributed by atoms with E-state index in [1.165, 1.54) is 5.56 Å². The zero-order valence-corrected chi connectivity index (χ0v) is 12.8. The predicted molar refractivity (Wildman–Crippen MR) is 84.0 cm³/mol. The molecule has 2 aromatic carbocycles. The molecule has 2 N–H and O–H groups in total. The Morgan fingerprint density at radius 2 is 1.83 bits per heavy atom. The second-order valence-corrected chi connectivity index (χ2v) is 7.03. The molecule has 1 aliphatic rings. The highest BCUT2D eigenvalue weighted by Crippen LogP contribution is 2.30. The van der Waals surface area contributed by atoms with Crippen molar-refractivity contribution in [2.45, 2.75) is 24.2 Å². The zero-order valence-electron chi connectivity index (χ0n) is 12.0. The molecule has 0 saturated carbocycles. The first-order valence-corrected chi connectivity index (χ1v) is 8.47. The number of aromatic hydroxyl groups is 1. The van der Waals surface area contributed by atoms with E-state index in [1.54, 1.807) is 12.1 Å². The largest absolute Gasteiger partial charge is 0.502 e. The third-order valence-electron chi connectivity index (χ3n) is 3.80. The average molecular weight is 334 g/mol. The van der Waals surface area contributed by atoms with Gasteiger partial charge in [0.2, 0.25) is 0 Å². The Morgan fingerprint density at radius 1 is 1.09 bits per heavy atom. The summed E-state index contributed by atoms with van der Waals surface area (Å²) in [6, 6.07) is 8.31. The number of hydrogen-bond donors (Lipinski definition) is 2. The summed E-state index contributed by atoms with van der Waals surface area (Å²) in [5, 5.41) is 20.2. The maximum Gasteiger partial charge on any atom is 0.312 e. The van der Waals surface area contributed by atoms with Crippen molar-refractivity contribution in [3.63, 3.8) is 0 Å². The summed E-state index contributed by atoms with van der Waals surface area (Å²) in [6.07, 6.45) is 2.96. The lowest BCUT2D eigenvalue weighted by atomic mass is 10.1. The summed E-state index contributed by atoms with van der Waals surface area (Å²) in [7, 11) is -3.97. The van der Waals surface area contributed by atoms with Crippen LogP contribution in [-0.4, -0.2) is 18.4 Å². The van der Waals surface area contributed by atoms with E-state index in [0.717, 1.165) is 43.0 Å². The summed E-state index contributed by atoms with van der Waals surface area (Å²) in [6.45, 7) is 0. The van der Waals surface area contributed by atoms with Gasteiger partial charge < -0.3 is 5.11 Å². The van der Waals surface area contributed by atoms with Gasteiger partial charge in [0.05, 0.1) is 9.82 Å². The number of nitrogens with one attached hydrogen (secondary N) is 1. The van der Waals surface area contributed by atoms with Gasteiger partial charge in [0.1, 0.15) is 0 Å². The van der Waals surface area contributed by atoms with Crippen LogP contribution < -0.4 is 4.72 Å². The highest BCUT2D eigenvalue weighted by molar-refractivity contribution is 7.92. The highest BCUT2D eigenvalue weighted by atomic mass is 32.2. The Hall–Kier alpha value is -2.61. The number of aryl methyl sites for hydroxylation is 2. The van der Waals surface area contributed by atoms with E-state index in [9.17, 15) is 23.6 Å². The van der Waals surface area contributed by atoms with Crippen molar-refractivity contribution in [1.82, 2.24) is 0 Å². The Bertz CT molecular complexity index is 893. The van der Waals surface area contributed by atoms with E-state index in [4.69, 9.17) is 0 Å². The quantitative estimate of drug-likeness (QED) is 0.659. The second kappa shape index (κ2) is 5.54.